The third-order valence-corrected chi connectivity index (χ3v) is 11.2. The first-order chi connectivity index (χ1) is 25.2. The number of benzene rings is 1. The van der Waals surface area contributed by atoms with Crippen LogP contribution in [0.3, 0.4) is 0 Å². The number of alkyl halides is 6. The quantitative estimate of drug-likeness (QED) is 0.166. The Labute approximate surface area is 316 Å². The van der Waals surface area contributed by atoms with Crippen LogP contribution in [0.4, 0.5) is 38.0 Å². The topological polar surface area (TPSA) is 127 Å². The van der Waals surface area contributed by atoms with E-state index in [1.165, 1.54) is 18.2 Å². The summed E-state index contributed by atoms with van der Waals surface area (Å²) in [6.07, 6.45) is -8.40. The molecule has 0 unspecified atom stereocenters. The van der Waals surface area contributed by atoms with Crippen molar-refractivity contribution in [3.8, 4) is 5.75 Å². The minimum atomic E-state index is -4.89. The van der Waals surface area contributed by atoms with Crippen molar-refractivity contribution < 1.29 is 50.6 Å². The van der Waals surface area contributed by atoms with Gasteiger partial charge in [0.1, 0.15) is 17.1 Å². The predicted molar refractivity (Wildman–Crippen MR) is 180 cm³/mol. The van der Waals surface area contributed by atoms with Gasteiger partial charge < -0.3 is 5.11 Å². The van der Waals surface area contributed by atoms with E-state index in [9.17, 15) is 50.6 Å². The molecule has 0 radical (unpaired) electrons. The molecule has 2 aliphatic heterocycles. The molecule has 2 saturated heterocycles. The molecule has 284 valence electrons. The van der Waals surface area contributed by atoms with Gasteiger partial charge in [0, 0.05) is 30.6 Å². The minimum absolute atomic E-state index is 0.0695. The van der Waals surface area contributed by atoms with Gasteiger partial charge in [0.2, 0.25) is 0 Å². The number of anilines is 2. The number of imide groups is 2. The zero-order valence-electron chi connectivity index (χ0n) is 27.7. The van der Waals surface area contributed by atoms with Gasteiger partial charge in [-0.15, -0.1) is 0 Å². The number of carbonyl (C=O) groups excluding carboxylic acids is 4. The molecule has 7 rings (SSSR count). The molecule has 4 heterocycles. The van der Waals surface area contributed by atoms with Gasteiger partial charge in [0.25, 0.3) is 23.6 Å². The lowest BCUT2D eigenvalue weighted by atomic mass is 9.57. The monoisotopic (exact) mass is 816 g/mol. The van der Waals surface area contributed by atoms with Crippen molar-refractivity contribution in [1.29, 1.82) is 0 Å². The van der Waals surface area contributed by atoms with Crippen LogP contribution in [0.25, 0.3) is 0 Å². The number of allylic oxidation sites excluding steroid dienone is 2. The summed E-state index contributed by atoms with van der Waals surface area (Å²) < 4.78 is 81.5. The molecule has 0 bridgehead atoms. The molecule has 3 aromatic rings. The van der Waals surface area contributed by atoms with Crippen molar-refractivity contribution in [2.45, 2.75) is 31.1 Å². The summed E-state index contributed by atoms with van der Waals surface area (Å²) in [7, 11) is 2.29. The number of phenolic OH excluding ortho intramolecular Hbond substituents is 1. The highest BCUT2D eigenvalue weighted by molar-refractivity contribution is 6.33. The van der Waals surface area contributed by atoms with E-state index in [4.69, 9.17) is 34.8 Å². The van der Waals surface area contributed by atoms with Gasteiger partial charge in [-0.25, -0.2) is 9.97 Å². The van der Waals surface area contributed by atoms with Crippen LogP contribution in [0.2, 0.25) is 15.1 Å². The third-order valence-electron chi connectivity index (χ3n) is 10.4. The first kappa shape index (κ1) is 37.7. The second-order valence-corrected chi connectivity index (χ2v) is 14.5. The summed E-state index contributed by atoms with van der Waals surface area (Å²) in [5, 5.41) is 13.6. The van der Waals surface area contributed by atoms with Crippen LogP contribution in [-0.2, 0) is 31.5 Å². The first-order valence-corrected chi connectivity index (χ1v) is 17.2. The molecule has 1 saturated carbocycles. The lowest BCUT2D eigenvalue weighted by molar-refractivity contribution is -0.143. The lowest BCUT2D eigenvalue weighted by Gasteiger charge is -2.44. The molecule has 0 spiro atoms. The van der Waals surface area contributed by atoms with Crippen molar-refractivity contribution in [3.63, 3.8) is 0 Å². The SMILES string of the molecule is CN(c1nc(C(F)(F)F)ccc1Cl)N1C(=O)[C@H]2[C@H](CC=C3[C@H]2C[C@H]2C(=O)N(N(C)c4nc(C(F)(F)F)ccc4Cl)C(=O)[C@H]2[C@H]3c2cc(Cl)ccc2O)C1=O. The highest BCUT2D eigenvalue weighted by Gasteiger charge is 2.63. The van der Waals surface area contributed by atoms with Crippen LogP contribution in [-0.4, -0.2) is 62.8 Å². The molecule has 2 aromatic heterocycles. The predicted octanol–water partition coefficient (Wildman–Crippen LogP) is 6.92. The molecule has 20 heteroatoms. The molecule has 54 heavy (non-hydrogen) atoms. The first-order valence-electron chi connectivity index (χ1n) is 16.1. The maximum Gasteiger partial charge on any atom is 0.433 e. The standard InChI is InChI=1S/C34H25Cl3F6N6O5/c1-46(27-19(36)6-9-22(44-27)33(38,39)40)48-29(51)15-5-4-14-16(25(15)31(48)53)12-18-26(24(14)17-11-13(35)3-8-21(17)50)32(54)49(30(18)52)47(2)28-20(37)7-10-23(45-28)34(41,42)43/h3-4,6-11,15-16,18,24-26,50H,5,12H2,1-2H3/t15-,16+,18+,24+,25-,26+/m0/s1. The van der Waals surface area contributed by atoms with Gasteiger partial charge in [-0.3, -0.25) is 29.2 Å². The summed E-state index contributed by atoms with van der Waals surface area (Å²) in [4.78, 5) is 64.0. The summed E-state index contributed by atoms with van der Waals surface area (Å²) >= 11 is 18.7. The van der Waals surface area contributed by atoms with Gasteiger partial charge in [-0.1, -0.05) is 46.5 Å². The summed E-state index contributed by atoms with van der Waals surface area (Å²) in [5.41, 5.74) is -2.14. The second-order valence-electron chi connectivity index (χ2n) is 13.3. The summed E-state index contributed by atoms with van der Waals surface area (Å²) in [6.45, 7) is 0. The number of pyridine rings is 2. The Bertz CT molecular complexity index is 2170. The number of hydrogen-bond acceptors (Lipinski definition) is 9. The van der Waals surface area contributed by atoms with Crippen LogP contribution in [0, 0.1) is 29.6 Å². The van der Waals surface area contributed by atoms with Crippen LogP contribution in [0.1, 0.15) is 35.7 Å². The van der Waals surface area contributed by atoms with Crippen molar-refractivity contribution in [1.82, 2.24) is 20.0 Å². The number of nitrogens with zero attached hydrogens (tertiary/aromatic N) is 6. The molecule has 1 N–H and O–H groups in total. The number of fused-ring (bicyclic) bond motifs is 4. The number of rotatable bonds is 5. The molecule has 11 nitrogen and oxygen atoms in total. The Morgan fingerprint density at radius 1 is 0.704 bits per heavy atom. The maximum absolute atomic E-state index is 14.4. The molecule has 4 aliphatic rings. The average Bonchev–Trinajstić information content (AvgIpc) is 3.50. The fourth-order valence-corrected chi connectivity index (χ4v) is 8.73. The summed E-state index contributed by atoms with van der Waals surface area (Å²) in [5.74, 6) is -11.6. The minimum Gasteiger partial charge on any atom is -0.508 e. The molecule has 1 aromatic carbocycles. The lowest BCUT2D eigenvalue weighted by Crippen LogP contribution is -2.46. The van der Waals surface area contributed by atoms with Crippen LogP contribution < -0.4 is 10.0 Å². The third kappa shape index (κ3) is 5.91. The number of aromatic hydroxyl groups is 1. The van der Waals surface area contributed by atoms with Gasteiger partial charge in [0.15, 0.2) is 11.6 Å². The number of amides is 4. The van der Waals surface area contributed by atoms with E-state index >= 15 is 0 Å². The smallest absolute Gasteiger partial charge is 0.433 e. The molecule has 3 fully saturated rings. The summed E-state index contributed by atoms with van der Waals surface area (Å²) in [6, 6.07) is 7.16. The van der Waals surface area contributed by atoms with Crippen molar-refractivity contribution in [3.05, 3.63) is 86.1 Å². The van der Waals surface area contributed by atoms with Crippen LogP contribution in [0.5, 0.6) is 5.75 Å². The van der Waals surface area contributed by atoms with E-state index in [0.717, 1.165) is 36.2 Å². The molecular weight excluding hydrogens is 793 g/mol. The fourth-order valence-electron chi connectivity index (χ4n) is 8.09. The Morgan fingerprint density at radius 2 is 1.20 bits per heavy atom. The second kappa shape index (κ2) is 13.0. The Morgan fingerprint density at radius 3 is 1.72 bits per heavy atom. The highest BCUT2D eigenvalue weighted by Crippen LogP contribution is 2.59. The fraction of sp³-hybridized carbons (Fsp3) is 0.353. The number of carbonyl (C=O) groups is 4. The Balaban J connectivity index is 1.30. The van der Waals surface area contributed by atoms with Gasteiger partial charge >= 0.3 is 12.4 Å². The van der Waals surface area contributed by atoms with Crippen LogP contribution >= 0.6 is 34.8 Å². The van der Waals surface area contributed by atoms with E-state index in [-0.39, 0.29) is 39.2 Å². The molecule has 2 aliphatic carbocycles. The van der Waals surface area contributed by atoms with E-state index in [1.54, 1.807) is 6.08 Å². The average molecular weight is 818 g/mol. The van der Waals surface area contributed by atoms with Crippen molar-refractivity contribution >= 4 is 70.1 Å². The largest absolute Gasteiger partial charge is 0.508 e. The molecular formula is C34H25Cl3F6N6O5. The van der Waals surface area contributed by atoms with Gasteiger partial charge in [-0.05, 0) is 61.2 Å². The Kier molecular flexibility index (Phi) is 9.08. The normalized spacial score (nSPS) is 25.4. The van der Waals surface area contributed by atoms with E-state index in [1.807, 2.05) is 0 Å². The number of aromatic nitrogens is 2. The Hall–Kier alpha value is -4.61. The van der Waals surface area contributed by atoms with Crippen molar-refractivity contribution in [2.75, 3.05) is 24.1 Å². The van der Waals surface area contributed by atoms with Gasteiger partial charge in [-0.2, -0.15) is 36.4 Å². The van der Waals surface area contributed by atoms with E-state index < -0.39 is 94.5 Å². The number of hydrazine groups is 2. The molecule has 4 amide bonds. The zero-order chi connectivity index (χ0) is 39.3. The molecule has 6 atom stereocenters. The van der Waals surface area contributed by atoms with Crippen LogP contribution in [0.15, 0.2) is 54.1 Å². The van der Waals surface area contributed by atoms with E-state index in [2.05, 4.69) is 9.97 Å². The zero-order valence-corrected chi connectivity index (χ0v) is 29.9. The number of halogens is 9. The van der Waals surface area contributed by atoms with Gasteiger partial charge in [0.05, 0.1) is 33.7 Å². The number of hydrogen-bond donors (Lipinski definition) is 1. The highest BCUT2D eigenvalue weighted by atomic mass is 35.5. The van der Waals surface area contributed by atoms with E-state index in [0.29, 0.717) is 27.7 Å². The maximum atomic E-state index is 14.4. The number of phenols is 1. The van der Waals surface area contributed by atoms with Crippen molar-refractivity contribution in [2.24, 2.45) is 29.6 Å².